The Hall–Kier alpha value is -3.00. The van der Waals surface area contributed by atoms with E-state index in [4.69, 9.17) is 48.8 Å². The molecule has 3 unspecified atom stereocenters. The van der Waals surface area contributed by atoms with E-state index < -0.39 is 5.97 Å². The second-order valence-corrected chi connectivity index (χ2v) is 12.8. The minimum Gasteiger partial charge on any atom is -0.493 e. The van der Waals surface area contributed by atoms with Gasteiger partial charge in [0.25, 0.3) is 0 Å². The normalized spacial score (nSPS) is 25.0. The lowest BCUT2D eigenvalue weighted by molar-refractivity contribution is -0.132. The van der Waals surface area contributed by atoms with Gasteiger partial charge in [-0.05, 0) is 67.7 Å². The van der Waals surface area contributed by atoms with Crippen LogP contribution in [0.4, 0.5) is 0 Å². The number of allylic oxidation sites excluding steroid dienone is 6. The van der Waals surface area contributed by atoms with Gasteiger partial charge in [-0.3, -0.25) is 5.01 Å². The van der Waals surface area contributed by atoms with Crippen LogP contribution in [-0.4, -0.2) is 42.0 Å². The van der Waals surface area contributed by atoms with Crippen molar-refractivity contribution in [2.75, 3.05) is 14.2 Å². The average Bonchev–Trinajstić information content (AvgIpc) is 3.91. The van der Waals surface area contributed by atoms with Crippen molar-refractivity contribution in [2.24, 2.45) is 16.9 Å². The van der Waals surface area contributed by atoms with Gasteiger partial charge in [-0.15, -0.1) is 0 Å². The molecule has 2 saturated carbocycles. The van der Waals surface area contributed by atoms with Gasteiger partial charge in [0.2, 0.25) is 0 Å². The molecule has 2 fully saturated rings. The SMILES string of the molecule is COC(=O)C1=NN(C)C2CC(C3CC3C3=C(Cl)C=C(OCc4c(-c5c(Cl)cccc5Cl)noc4C4CC4)CC3)=CC=C12. The number of halogens is 3. The molecule has 0 N–H and O–H groups in total. The van der Waals surface area contributed by atoms with Gasteiger partial charge in [-0.2, -0.15) is 5.10 Å². The van der Waals surface area contributed by atoms with Crippen LogP contribution in [0.2, 0.25) is 10.0 Å². The topological polar surface area (TPSA) is 77.2 Å². The number of carbonyl (C=O) groups excluding carboxylic acids is 1. The molecule has 0 saturated heterocycles. The summed E-state index contributed by atoms with van der Waals surface area (Å²) in [5.74, 6) is 2.56. The van der Waals surface area contributed by atoms with Gasteiger partial charge in [0.1, 0.15) is 18.1 Å². The molecule has 2 heterocycles. The molecule has 7 nitrogen and oxygen atoms in total. The summed E-state index contributed by atoms with van der Waals surface area (Å²) in [5.41, 5.74) is 6.22. The summed E-state index contributed by atoms with van der Waals surface area (Å²) in [5, 5.41) is 12.5. The maximum absolute atomic E-state index is 12.1. The van der Waals surface area contributed by atoms with Gasteiger partial charge in [-0.1, -0.05) is 63.8 Å². The molecule has 10 heteroatoms. The van der Waals surface area contributed by atoms with E-state index in [-0.39, 0.29) is 6.04 Å². The van der Waals surface area contributed by atoms with Crippen molar-refractivity contribution in [3.8, 4) is 11.3 Å². The third-order valence-electron chi connectivity index (χ3n) is 8.94. The Morgan fingerprint density at radius 2 is 1.90 bits per heavy atom. The third-order valence-corrected chi connectivity index (χ3v) is 9.93. The number of esters is 1. The highest BCUT2D eigenvalue weighted by Gasteiger charge is 2.46. The number of fused-ring (bicyclic) bond motifs is 1. The van der Waals surface area contributed by atoms with E-state index in [2.05, 4.69) is 16.3 Å². The number of likely N-dealkylation sites (N-methyl/N-ethyl adjacent to an activating group) is 1. The van der Waals surface area contributed by atoms with Crippen LogP contribution in [0.5, 0.6) is 0 Å². The quantitative estimate of drug-likeness (QED) is 0.277. The number of methoxy groups -OCH3 is 1. The van der Waals surface area contributed by atoms with Crippen LogP contribution in [-0.2, 0) is 20.9 Å². The first-order chi connectivity index (χ1) is 20.3. The minimum atomic E-state index is -0.391. The monoisotopic (exact) mass is 625 g/mol. The fourth-order valence-electron chi connectivity index (χ4n) is 6.46. The fraction of sp³-hybridized carbons (Fsp3) is 0.406. The first-order valence-corrected chi connectivity index (χ1v) is 15.4. The summed E-state index contributed by atoms with van der Waals surface area (Å²) in [4.78, 5) is 12.1. The summed E-state index contributed by atoms with van der Waals surface area (Å²) >= 11 is 19.9. The van der Waals surface area contributed by atoms with E-state index in [9.17, 15) is 4.79 Å². The highest BCUT2D eigenvalue weighted by atomic mass is 35.5. The van der Waals surface area contributed by atoms with Gasteiger partial charge in [0.15, 0.2) is 5.71 Å². The Labute approximate surface area is 259 Å². The molecule has 0 bridgehead atoms. The number of benzene rings is 1. The van der Waals surface area contributed by atoms with Crippen LogP contribution < -0.4 is 0 Å². The largest absolute Gasteiger partial charge is 0.493 e. The minimum absolute atomic E-state index is 0.0690. The van der Waals surface area contributed by atoms with E-state index in [1.54, 1.807) is 12.1 Å². The van der Waals surface area contributed by atoms with Crippen LogP contribution in [0.3, 0.4) is 0 Å². The summed E-state index contributed by atoms with van der Waals surface area (Å²) in [6.45, 7) is 0.315. The first-order valence-electron chi connectivity index (χ1n) is 14.3. The lowest BCUT2D eigenvalue weighted by atomic mass is 9.87. The zero-order chi connectivity index (χ0) is 29.1. The molecule has 1 aromatic heterocycles. The summed E-state index contributed by atoms with van der Waals surface area (Å²) in [6.07, 6.45) is 11.9. The average molecular weight is 627 g/mol. The summed E-state index contributed by atoms with van der Waals surface area (Å²) in [7, 11) is 3.30. The Kier molecular flexibility index (Phi) is 7.24. The second-order valence-electron chi connectivity index (χ2n) is 11.6. The van der Waals surface area contributed by atoms with E-state index in [0.717, 1.165) is 66.2 Å². The highest BCUT2D eigenvalue weighted by molar-refractivity contribution is 6.44. The summed E-state index contributed by atoms with van der Waals surface area (Å²) < 4.78 is 17.0. The number of hydrogen-bond acceptors (Lipinski definition) is 7. The molecule has 218 valence electrons. The molecule has 1 aromatic carbocycles. The Morgan fingerprint density at radius 1 is 1.12 bits per heavy atom. The smallest absolute Gasteiger partial charge is 0.358 e. The van der Waals surface area contributed by atoms with Crippen molar-refractivity contribution in [2.45, 2.75) is 57.1 Å². The lowest BCUT2D eigenvalue weighted by Gasteiger charge is -2.25. The molecule has 0 radical (unpaired) electrons. The van der Waals surface area contributed by atoms with Crippen LogP contribution in [0.15, 0.2) is 73.6 Å². The summed E-state index contributed by atoms with van der Waals surface area (Å²) in [6, 6.07) is 5.49. The van der Waals surface area contributed by atoms with Crippen molar-refractivity contribution < 1.29 is 18.8 Å². The second kappa shape index (κ2) is 10.9. The molecule has 4 aliphatic carbocycles. The molecule has 0 spiro atoms. The van der Waals surface area contributed by atoms with Crippen LogP contribution >= 0.6 is 34.8 Å². The molecule has 42 heavy (non-hydrogen) atoms. The van der Waals surface area contributed by atoms with Crippen molar-refractivity contribution in [3.05, 3.63) is 85.3 Å². The number of hydrogen-bond donors (Lipinski definition) is 0. The Morgan fingerprint density at radius 3 is 2.62 bits per heavy atom. The molecule has 0 amide bonds. The van der Waals surface area contributed by atoms with Gasteiger partial charge >= 0.3 is 5.97 Å². The molecular formula is C32H30Cl3N3O4. The zero-order valence-electron chi connectivity index (χ0n) is 23.3. The number of carbonyl (C=O) groups is 1. The fourth-order valence-corrected chi connectivity index (χ4v) is 7.39. The molecule has 7 rings (SSSR count). The molecular weight excluding hydrogens is 597 g/mol. The predicted octanol–water partition coefficient (Wildman–Crippen LogP) is 7.95. The standard InChI is InChI=1S/C32H30Cl3N3O4/c1-38-27-12-17(8-10-20(27)30(36-38)32(39)40-2)21-14-22(21)19-11-9-18(13-26(19)35)41-15-23-29(37-42-31(23)16-6-7-16)28-24(33)4-3-5-25(28)34/h3-5,8,10,13,16,21-22,27H,6-7,9,11-12,14-15H2,1-2H3. The Balaban J connectivity index is 1.05. The van der Waals surface area contributed by atoms with E-state index in [1.807, 2.05) is 30.3 Å². The predicted molar refractivity (Wildman–Crippen MR) is 162 cm³/mol. The first kappa shape index (κ1) is 27.8. The van der Waals surface area contributed by atoms with Gasteiger partial charge in [-0.25, -0.2) is 4.79 Å². The van der Waals surface area contributed by atoms with Crippen molar-refractivity contribution >= 4 is 46.5 Å². The van der Waals surface area contributed by atoms with Crippen LogP contribution in [0.25, 0.3) is 11.3 Å². The van der Waals surface area contributed by atoms with Crippen molar-refractivity contribution in [1.29, 1.82) is 0 Å². The molecule has 1 aliphatic heterocycles. The molecule has 3 atom stereocenters. The number of aromatic nitrogens is 1. The van der Waals surface area contributed by atoms with Crippen LogP contribution in [0.1, 0.15) is 55.8 Å². The molecule has 2 aromatic rings. The number of ether oxygens (including phenoxy) is 2. The van der Waals surface area contributed by atoms with Crippen LogP contribution in [0, 0.1) is 11.8 Å². The zero-order valence-corrected chi connectivity index (χ0v) is 25.6. The van der Waals surface area contributed by atoms with E-state index in [1.165, 1.54) is 18.3 Å². The molecule has 5 aliphatic rings. The maximum Gasteiger partial charge on any atom is 0.358 e. The van der Waals surface area contributed by atoms with Gasteiger partial charge in [0.05, 0.1) is 34.5 Å². The van der Waals surface area contributed by atoms with Crippen molar-refractivity contribution in [1.82, 2.24) is 10.2 Å². The van der Waals surface area contributed by atoms with Gasteiger partial charge in [0, 0.05) is 35.6 Å². The number of hydrazone groups is 1. The number of nitrogens with zero attached hydrogens (tertiary/aromatic N) is 3. The van der Waals surface area contributed by atoms with E-state index >= 15 is 0 Å². The van der Waals surface area contributed by atoms with Gasteiger partial charge < -0.3 is 14.0 Å². The van der Waals surface area contributed by atoms with E-state index in [0.29, 0.717) is 51.4 Å². The van der Waals surface area contributed by atoms with Crippen molar-refractivity contribution in [3.63, 3.8) is 0 Å². The number of rotatable bonds is 8. The Bertz CT molecular complexity index is 1610. The highest BCUT2D eigenvalue weighted by Crippen LogP contribution is 2.55. The lowest BCUT2D eigenvalue weighted by Crippen LogP contribution is -2.28. The third kappa shape index (κ3) is 4.99. The maximum atomic E-state index is 12.1.